The second-order valence-corrected chi connectivity index (χ2v) is 5.06. The Kier molecular flexibility index (Phi) is 3.46. The van der Waals surface area contributed by atoms with Gasteiger partial charge in [0.2, 0.25) is 0 Å². The molecule has 104 valence electrons. The van der Waals surface area contributed by atoms with Crippen molar-refractivity contribution in [2.75, 3.05) is 24.3 Å². The van der Waals surface area contributed by atoms with Crippen LogP contribution in [0.25, 0.3) is 0 Å². The van der Waals surface area contributed by atoms with E-state index in [1.807, 2.05) is 36.7 Å². The van der Waals surface area contributed by atoms with Crippen molar-refractivity contribution in [3.63, 3.8) is 0 Å². The van der Waals surface area contributed by atoms with Gasteiger partial charge in [0.05, 0.1) is 24.5 Å². The molecule has 4 heteroatoms. The maximum atomic E-state index is 6.18. The zero-order chi connectivity index (χ0) is 13.9. The van der Waals surface area contributed by atoms with Crippen LogP contribution in [0.5, 0.6) is 5.75 Å². The van der Waals surface area contributed by atoms with Crippen LogP contribution in [-0.2, 0) is 0 Å². The molecule has 1 aromatic heterocycles. The molecular weight excluding hydrogens is 250 g/mol. The molecule has 1 aliphatic rings. The summed E-state index contributed by atoms with van der Waals surface area (Å²) >= 11 is 0. The van der Waals surface area contributed by atoms with Crippen LogP contribution < -0.4 is 15.4 Å². The van der Waals surface area contributed by atoms with E-state index in [9.17, 15) is 0 Å². The number of nitrogens with two attached hydrogens (primary N) is 1. The van der Waals surface area contributed by atoms with E-state index in [1.165, 1.54) is 12.0 Å². The summed E-state index contributed by atoms with van der Waals surface area (Å²) in [6.07, 6.45) is 6.06. The van der Waals surface area contributed by atoms with E-state index in [0.717, 1.165) is 30.1 Å². The van der Waals surface area contributed by atoms with Crippen LogP contribution in [0.4, 0.5) is 11.4 Å². The van der Waals surface area contributed by atoms with Crippen molar-refractivity contribution >= 4 is 11.4 Å². The number of benzene rings is 1. The number of pyridine rings is 1. The quantitative estimate of drug-likeness (QED) is 0.870. The van der Waals surface area contributed by atoms with E-state index in [4.69, 9.17) is 10.5 Å². The van der Waals surface area contributed by atoms with Crippen molar-refractivity contribution < 1.29 is 4.74 Å². The fourth-order valence-corrected chi connectivity index (χ4v) is 2.90. The Bertz CT molecular complexity index is 586. The van der Waals surface area contributed by atoms with Gasteiger partial charge in [-0.25, -0.2) is 0 Å². The molecule has 0 spiro atoms. The predicted octanol–water partition coefficient (Wildman–Crippen LogP) is 3.01. The van der Waals surface area contributed by atoms with Gasteiger partial charge in [-0.05, 0) is 36.6 Å². The second kappa shape index (κ2) is 5.41. The number of aromatic nitrogens is 1. The van der Waals surface area contributed by atoms with Crippen molar-refractivity contribution in [1.29, 1.82) is 0 Å². The van der Waals surface area contributed by atoms with E-state index in [1.54, 1.807) is 7.11 Å². The average Bonchev–Trinajstić information content (AvgIpc) is 2.97. The third kappa shape index (κ3) is 2.29. The molecule has 0 amide bonds. The maximum Gasteiger partial charge on any atom is 0.121 e. The van der Waals surface area contributed by atoms with Gasteiger partial charge in [-0.1, -0.05) is 6.07 Å². The molecule has 4 nitrogen and oxygen atoms in total. The van der Waals surface area contributed by atoms with Gasteiger partial charge in [-0.15, -0.1) is 0 Å². The molecule has 1 fully saturated rings. The molecule has 2 N–H and O–H groups in total. The minimum atomic E-state index is 0.361. The first-order chi connectivity index (χ1) is 9.79. The lowest BCUT2D eigenvalue weighted by atomic mass is 10.1. The Hall–Kier alpha value is -2.23. The lowest BCUT2D eigenvalue weighted by Crippen LogP contribution is -2.23. The van der Waals surface area contributed by atoms with Crippen LogP contribution in [0.3, 0.4) is 0 Å². The van der Waals surface area contributed by atoms with Crippen molar-refractivity contribution in [3.8, 4) is 5.75 Å². The largest absolute Gasteiger partial charge is 0.497 e. The summed E-state index contributed by atoms with van der Waals surface area (Å²) in [4.78, 5) is 6.60. The lowest BCUT2D eigenvalue weighted by molar-refractivity contribution is 0.415. The summed E-state index contributed by atoms with van der Waals surface area (Å²) in [5.74, 6) is 0.795. The summed E-state index contributed by atoms with van der Waals surface area (Å²) in [5.41, 5.74) is 9.27. The smallest absolute Gasteiger partial charge is 0.121 e. The number of hydrogen-bond donors (Lipinski definition) is 1. The Labute approximate surface area is 119 Å². The number of nitrogen functional groups attached to an aromatic ring is 1. The van der Waals surface area contributed by atoms with Gasteiger partial charge in [0, 0.05) is 25.0 Å². The summed E-state index contributed by atoms with van der Waals surface area (Å²) in [6.45, 7) is 1.02. The minimum absolute atomic E-state index is 0.361. The summed E-state index contributed by atoms with van der Waals surface area (Å²) in [7, 11) is 1.66. The molecule has 0 radical (unpaired) electrons. The predicted molar refractivity (Wildman–Crippen MR) is 81.0 cm³/mol. The minimum Gasteiger partial charge on any atom is -0.497 e. The first-order valence-electron chi connectivity index (χ1n) is 6.89. The zero-order valence-electron chi connectivity index (χ0n) is 11.6. The molecule has 1 atom stereocenters. The van der Waals surface area contributed by atoms with E-state index in [0.29, 0.717) is 6.04 Å². The summed E-state index contributed by atoms with van der Waals surface area (Å²) in [6, 6.07) is 10.4. The van der Waals surface area contributed by atoms with Crippen LogP contribution in [0.1, 0.15) is 24.4 Å². The van der Waals surface area contributed by atoms with Crippen LogP contribution in [0.2, 0.25) is 0 Å². The SMILES string of the molecule is COc1ccc(N2CCCC2c2cccnc2)c(N)c1. The fraction of sp³-hybridized carbons (Fsp3) is 0.312. The Morgan fingerprint density at radius 3 is 2.95 bits per heavy atom. The van der Waals surface area contributed by atoms with Gasteiger partial charge in [0.1, 0.15) is 5.75 Å². The number of ether oxygens (including phenoxy) is 1. The monoisotopic (exact) mass is 269 g/mol. The Morgan fingerprint density at radius 2 is 2.25 bits per heavy atom. The number of hydrogen-bond acceptors (Lipinski definition) is 4. The molecule has 1 saturated heterocycles. The standard InChI is InChI=1S/C16H19N3O/c1-20-13-6-7-16(14(17)10-13)19-9-3-5-15(19)12-4-2-8-18-11-12/h2,4,6-8,10-11,15H,3,5,9,17H2,1H3. The highest BCUT2D eigenvalue weighted by atomic mass is 16.5. The molecule has 3 rings (SSSR count). The first-order valence-corrected chi connectivity index (χ1v) is 6.89. The zero-order valence-corrected chi connectivity index (χ0v) is 11.6. The van der Waals surface area contributed by atoms with E-state index >= 15 is 0 Å². The molecular formula is C16H19N3O. The third-order valence-corrected chi connectivity index (χ3v) is 3.87. The van der Waals surface area contributed by atoms with Crippen molar-refractivity contribution in [1.82, 2.24) is 4.98 Å². The van der Waals surface area contributed by atoms with Gasteiger partial charge in [-0.3, -0.25) is 4.98 Å². The molecule has 1 aliphatic heterocycles. The molecule has 0 saturated carbocycles. The normalized spacial score (nSPS) is 18.2. The van der Waals surface area contributed by atoms with Gasteiger partial charge in [-0.2, -0.15) is 0 Å². The number of rotatable bonds is 3. The lowest BCUT2D eigenvalue weighted by Gasteiger charge is -2.28. The van der Waals surface area contributed by atoms with Crippen LogP contribution in [0, 0.1) is 0 Å². The van der Waals surface area contributed by atoms with Gasteiger partial charge >= 0.3 is 0 Å². The van der Waals surface area contributed by atoms with Crippen LogP contribution in [-0.4, -0.2) is 18.6 Å². The molecule has 1 aromatic carbocycles. The summed E-state index contributed by atoms with van der Waals surface area (Å²) in [5, 5.41) is 0. The molecule has 0 bridgehead atoms. The van der Waals surface area contributed by atoms with Gasteiger partial charge in [0.15, 0.2) is 0 Å². The van der Waals surface area contributed by atoms with E-state index < -0.39 is 0 Å². The van der Waals surface area contributed by atoms with Crippen LogP contribution >= 0.6 is 0 Å². The highest BCUT2D eigenvalue weighted by Gasteiger charge is 2.27. The molecule has 2 aromatic rings. The van der Waals surface area contributed by atoms with Crippen LogP contribution in [0.15, 0.2) is 42.7 Å². The number of nitrogens with zero attached hydrogens (tertiary/aromatic N) is 2. The van der Waals surface area contributed by atoms with E-state index in [2.05, 4.69) is 16.0 Å². The van der Waals surface area contributed by atoms with Crippen molar-refractivity contribution in [3.05, 3.63) is 48.3 Å². The Morgan fingerprint density at radius 1 is 1.35 bits per heavy atom. The van der Waals surface area contributed by atoms with E-state index in [-0.39, 0.29) is 0 Å². The topological polar surface area (TPSA) is 51.4 Å². The fourth-order valence-electron chi connectivity index (χ4n) is 2.90. The average molecular weight is 269 g/mol. The van der Waals surface area contributed by atoms with Gasteiger partial charge in [0.25, 0.3) is 0 Å². The summed E-state index contributed by atoms with van der Waals surface area (Å²) < 4.78 is 5.22. The number of methoxy groups -OCH3 is 1. The first kappa shape index (κ1) is 12.8. The van der Waals surface area contributed by atoms with Crippen molar-refractivity contribution in [2.45, 2.75) is 18.9 Å². The highest BCUT2D eigenvalue weighted by Crippen LogP contribution is 2.39. The molecule has 2 heterocycles. The maximum absolute atomic E-state index is 6.18. The number of anilines is 2. The highest BCUT2D eigenvalue weighted by molar-refractivity contribution is 5.70. The molecule has 1 unspecified atom stereocenters. The Balaban J connectivity index is 1.93. The molecule has 0 aliphatic carbocycles. The second-order valence-electron chi connectivity index (χ2n) is 5.06. The van der Waals surface area contributed by atoms with Crippen molar-refractivity contribution in [2.24, 2.45) is 0 Å². The third-order valence-electron chi connectivity index (χ3n) is 3.87. The molecule has 20 heavy (non-hydrogen) atoms. The van der Waals surface area contributed by atoms with Gasteiger partial charge < -0.3 is 15.4 Å².